The summed E-state index contributed by atoms with van der Waals surface area (Å²) >= 11 is 0. The summed E-state index contributed by atoms with van der Waals surface area (Å²) in [7, 11) is 0. The Labute approximate surface area is 73.1 Å². The third-order valence-electron chi connectivity index (χ3n) is 1.63. The Kier molecular flexibility index (Phi) is 5.34. The molecule has 0 amide bonds. The van der Waals surface area contributed by atoms with Gasteiger partial charge in [-0.15, -0.1) is 0 Å². The third kappa shape index (κ3) is 4.11. The highest BCUT2D eigenvalue weighted by atomic mass is 16.6. The van der Waals surface area contributed by atoms with E-state index in [0.717, 1.165) is 12.8 Å². The summed E-state index contributed by atoms with van der Waals surface area (Å²) in [6, 6.07) is 0. The van der Waals surface area contributed by atoms with Crippen LogP contribution >= 0.6 is 0 Å². The fourth-order valence-electron chi connectivity index (χ4n) is 0.836. The Morgan fingerprint density at radius 1 is 1.33 bits per heavy atom. The van der Waals surface area contributed by atoms with Crippen LogP contribution in [0.25, 0.3) is 0 Å². The van der Waals surface area contributed by atoms with Crippen molar-refractivity contribution in [1.29, 1.82) is 0 Å². The molecule has 12 heavy (non-hydrogen) atoms. The smallest absolute Gasteiger partial charge is 0.316 e. The molecular formula is C9H16O3. The minimum Gasteiger partial charge on any atom is -0.393 e. The molecule has 0 saturated heterocycles. The minimum atomic E-state index is -0.442. The molecule has 3 nitrogen and oxygen atoms in total. The summed E-state index contributed by atoms with van der Waals surface area (Å²) < 4.78 is 4.54. The molecule has 0 aromatic carbocycles. The molecule has 0 N–H and O–H groups in total. The van der Waals surface area contributed by atoms with Crippen LogP contribution < -0.4 is 0 Å². The molecule has 3 heteroatoms. The SMILES string of the molecule is CCCC(C)C(=O)OC(=O)CC. The lowest BCUT2D eigenvalue weighted by molar-refractivity contribution is -0.162. The molecule has 1 unspecified atom stereocenters. The maximum Gasteiger partial charge on any atom is 0.316 e. The second kappa shape index (κ2) is 5.75. The molecule has 1 atom stereocenters. The molecule has 0 heterocycles. The van der Waals surface area contributed by atoms with Crippen LogP contribution in [0.3, 0.4) is 0 Å². The van der Waals surface area contributed by atoms with Gasteiger partial charge in [-0.1, -0.05) is 27.2 Å². The molecule has 0 radical (unpaired) electrons. The van der Waals surface area contributed by atoms with Crippen LogP contribution in [0, 0.1) is 5.92 Å². The minimum absolute atomic E-state index is 0.162. The topological polar surface area (TPSA) is 43.4 Å². The summed E-state index contributed by atoms with van der Waals surface area (Å²) in [6.07, 6.45) is 1.96. The van der Waals surface area contributed by atoms with E-state index in [-0.39, 0.29) is 12.3 Å². The quantitative estimate of drug-likeness (QED) is 0.480. The van der Waals surface area contributed by atoms with Crippen molar-refractivity contribution >= 4 is 11.9 Å². The highest BCUT2D eigenvalue weighted by Gasteiger charge is 2.15. The predicted molar refractivity (Wildman–Crippen MR) is 45.5 cm³/mol. The molecule has 70 valence electrons. The Hall–Kier alpha value is -0.860. The van der Waals surface area contributed by atoms with Gasteiger partial charge in [-0.25, -0.2) is 0 Å². The number of esters is 2. The number of carbonyl (C=O) groups is 2. The Balaban J connectivity index is 3.78. The van der Waals surface area contributed by atoms with E-state index in [2.05, 4.69) is 4.74 Å². The zero-order valence-corrected chi connectivity index (χ0v) is 7.92. The van der Waals surface area contributed by atoms with E-state index >= 15 is 0 Å². The molecule has 0 saturated carbocycles. The van der Waals surface area contributed by atoms with Gasteiger partial charge in [0.25, 0.3) is 0 Å². The van der Waals surface area contributed by atoms with Crippen LogP contribution in [0.15, 0.2) is 0 Å². The van der Waals surface area contributed by atoms with E-state index in [1.807, 2.05) is 6.92 Å². The number of hydrogen-bond acceptors (Lipinski definition) is 3. The lowest BCUT2D eigenvalue weighted by Crippen LogP contribution is -2.18. The molecule has 0 rings (SSSR count). The Morgan fingerprint density at radius 3 is 2.33 bits per heavy atom. The van der Waals surface area contributed by atoms with Gasteiger partial charge in [0.2, 0.25) is 0 Å². The van der Waals surface area contributed by atoms with Crippen molar-refractivity contribution in [3.63, 3.8) is 0 Å². The third-order valence-corrected chi connectivity index (χ3v) is 1.63. The van der Waals surface area contributed by atoms with Gasteiger partial charge >= 0.3 is 11.9 Å². The summed E-state index contributed by atoms with van der Waals surface area (Å²) in [5, 5.41) is 0. The van der Waals surface area contributed by atoms with Gasteiger partial charge in [-0.3, -0.25) is 9.59 Å². The highest BCUT2D eigenvalue weighted by molar-refractivity contribution is 5.86. The maximum absolute atomic E-state index is 11.1. The monoisotopic (exact) mass is 172 g/mol. The summed E-state index contributed by atoms with van der Waals surface area (Å²) in [4.78, 5) is 21.7. The van der Waals surface area contributed by atoms with Crippen LogP contribution in [-0.4, -0.2) is 11.9 Å². The van der Waals surface area contributed by atoms with Gasteiger partial charge in [0.05, 0.1) is 5.92 Å². The van der Waals surface area contributed by atoms with Crippen LogP contribution in [0.5, 0.6) is 0 Å². The standard InChI is InChI=1S/C9H16O3/c1-4-6-7(3)9(11)12-8(10)5-2/h7H,4-6H2,1-3H3. The van der Waals surface area contributed by atoms with Gasteiger partial charge in [0.15, 0.2) is 0 Å². The number of ether oxygens (including phenoxy) is 1. The maximum atomic E-state index is 11.1. The summed E-state index contributed by atoms with van der Waals surface area (Å²) in [6.45, 7) is 5.43. The number of rotatable bonds is 4. The molecule has 0 aliphatic carbocycles. The van der Waals surface area contributed by atoms with Crippen molar-refractivity contribution in [3.8, 4) is 0 Å². The Morgan fingerprint density at radius 2 is 1.92 bits per heavy atom. The van der Waals surface area contributed by atoms with Crippen molar-refractivity contribution < 1.29 is 14.3 Å². The molecular weight excluding hydrogens is 156 g/mol. The highest BCUT2D eigenvalue weighted by Crippen LogP contribution is 2.07. The Bertz CT molecular complexity index is 163. The average Bonchev–Trinajstić information content (AvgIpc) is 2.04. The van der Waals surface area contributed by atoms with Crippen molar-refractivity contribution in [2.24, 2.45) is 5.92 Å². The molecule has 0 aliphatic heterocycles. The first-order valence-electron chi connectivity index (χ1n) is 4.36. The zero-order chi connectivity index (χ0) is 9.56. The molecule has 0 aliphatic rings. The molecule has 0 aromatic heterocycles. The summed E-state index contributed by atoms with van der Waals surface area (Å²) in [5.41, 5.74) is 0. The number of hydrogen-bond donors (Lipinski definition) is 0. The fourth-order valence-corrected chi connectivity index (χ4v) is 0.836. The van der Waals surface area contributed by atoms with Crippen LogP contribution in [-0.2, 0) is 14.3 Å². The van der Waals surface area contributed by atoms with Crippen molar-refractivity contribution in [2.75, 3.05) is 0 Å². The van der Waals surface area contributed by atoms with Crippen molar-refractivity contribution in [1.82, 2.24) is 0 Å². The average molecular weight is 172 g/mol. The molecule has 0 fully saturated rings. The molecule has 0 bridgehead atoms. The lowest BCUT2D eigenvalue weighted by Gasteiger charge is -2.07. The largest absolute Gasteiger partial charge is 0.393 e. The number of carbonyl (C=O) groups excluding carboxylic acids is 2. The molecule has 0 aromatic rings. The van der Waals surface area contributed by atoms with Gasteiger partial charge in [-0.2, -0.15) is 0 Å². The van der Waals surface area contributed by atoms with E-state index in [9.17, 15) is 9.59 Å². The van der Waals surface area contributed by atoms with Gasteiger partial charge < -0.3 is 4.74 Å². The van der Waals surface area contributed by atoms with Gasteiger partial charge in [0.1, 0.15) is 0 Å². The van der Waals surface area contributed by atoms with Crippen LogP contribution in [0.2, 0.25) is 0 Å². The second-order valence-electron chi connectivity index (χ2n) is 2.84. The van der Waals surface area contributed by atoms with Gasteiger partial charge in [0, 0.05) is 6.42 Å². The predicted octanol–water partition coefficient (Wildman–Crippen LogP) is 1.90. The van der Waals surface area contributed by atoms with Crippen molar-refractivity contribution in [2.45, 2.75) is 40.0 Å². The summed E-state index contributed by atoms with van der Waals surface area (Å²) in [5.74, 6) is -1.00. The first-order chi connectivity index (χ1) is 5.61. The van der Waals surface area contributed by atoms with E-state index in [0.29, 0.717) is 0 Å². The van der Waals surface area contributed by atoms with E-state index < -0.39 is 11.9 Å². The second-order valence-corrected chi connectivity index (χ2v) is 2.84. The van der Waals surface area contributed by atoms with Crippen LogP contribution in [0.1, 0.15) is 40.0 Å². The molecule has 0 spiro atoms. The lowest BCUT2D eigenvalue weighted by atomic mass is 10.1. The van der Waals surface area contributed by atoms with E-state index in [1.54, 1.807) is 13.8 Å². The zero-order valence-electron chi connectivity index (χ0n) is 7.92. The normalized spacial score (nSPS) is 12.2. The van der Waals surface area contributed by atoms with E-state index in [4.69, 9.17) is 0 Å². The van der Waals surface area contributed by atoms with Crippen LogP contribution in [0.4, 0.5) is 0 Å². The van der Waals surface area contributed by atoms with E-state index in [1.165, 1.54) is 0 Å². The van der Waals surface area contributed by atoms with Gasteiger partial charge in [-0.05, 0) is 6.42 Å². The first kappa shape index (κ1) is 11.1. The fraction of sp³-hybridized carbons (Fsp3) is 0.778. The van der Waals surface area contributed by atoms with Crippen molar-refractivity contribution in [3.05, 3.63) is 0 Å². The first-order valence-corrected chi connectivity index (χ1v) is 4.36.